The molecule has 0 aromatic heterocycles. The quantitative estimate of drug-likeness (QED) is 0.485. The topological polar surface area (TPSA) is 117 Å². The number of benzene rings is 1. The number of nitrogens with zero attached hydrogens (tertiary/aromatic N) is 2. The van der Waals surface area contributed by atoms with Crippen LogP contribution < -0.4 is 20.3 Å². The molecule has 1 aliphatic carbocycles. The molecule has 0 radical (unpaired) electrons. The summed E-state index contributed by atoms with van der Waals surface area (Å²) >= 11 is 0. The summed E-state index contributed by atoms with van der Waals surface area (Å²) in [6.45, 7) is 3.50. The molecule has 3 rings (SSSR count). The van der Waals surface area contributed by atoms with Crippen LogP contribution in [0.15, 0.2) is 24.3 Å². The van der Waals surface area contributed by atoms with E-state index in [0.717, 1.165) is 24.2 Å². The Morgan fingerprint density at radius 2 is 1.69 bits per heavy atom. The van der Waals surface area contributed by atoms with Gasteiger partial charge in [0.05, 0.1) is 6.61 Å². The first-order valence-electron chi connectivity index (χ1n) is 10.9. The number of rotatable bonds is 7. The van der Waals surface area contributed by atoms with E-state index in [1.165, 1.54) is 11.8 Å². The van der Waals surface area contributed by atoms with Gasteiger partial charge in [0.25, 0.3) is 17.7 Å². The van der Waals surface area contributed by atoms with Gasteiger partial charge in [0.1, 0.15) is 23.6 Å². The van der Waals surface area contributed by atoms with Crippen LogP contribution in [0, 0.1) is 0 Å². The predicted octanol–water partition coefficient (Wildman–Crippen LogP) is 1.60. The van der Waals surface area contributed by atoms with Crippen LogP contribution in [0.5, 0.6) is 11.5 Å². The Labute approximate surface area is 187 Å². The van der Waals surface area contributed by atoms with Gasteiger partial charge in [0.15, 0.2) is 6.10 Å². The summed E-state index contributed by atoms with van der Waals surface area (Å²) in [5.74, 6) is -0.437. The van der Waals surface area contributed by atoms with Gasteiger partial charge in [0.2, 0.25) is 0 Å². The molecule has 2 N–H and O–H groups in total. The van der Waals surface area contributed by atoms with Crippen molar-refractivity contribution in [3.05, 3.63) is 24.3 Å². The second-order valence-corrected chi connectivity index (χ2v) is 8.03. The molecule has 1 aromatic carbocycles. The van der Waals surface area contributed by atoms with Crippen LogP contribution in [0.25, 0.3) is 0 Å². The largest absolute Gasteiger partial charge is 0.494 e. The summed E-state index contributed by atoms with van der Waals surface area (Å²) < 4.78 is 10.9. The number of hydrogen-bond donors (Lipinski definition) is 2. The molecule has 1 atom stereocenters. The lowest BCUT2D eigenvalue weighted by atomic mass is 9.81. The minimum atomic E-state index is -0.889. The van der Waals surface area contributed by atoms with Crippen molar-refractivity contribution in [2.24, 2.45) is 0 Å². The highest BCUT2D eigenvalue weighted by atomic mass is 16.5. The maximum absolute atomic E-state index is 12.9. The second-order valence-electron chi connectivity index (χ2n) is 8.03. The van der Waals surface area contributed by atoms with Gasteiger partial charge in [-0.25, -0.2) is 4.79 Å². The average Bonchev–Trinajstić information content (AvgIpc) is 2.95. The summed E-state index contributed by atoms with van der Waals surface area (Å²) in [6, 6.07) is 6.31. The molecular formula is C22H30N4O6. The molecule has 1 spiro atoms. The number of carbonyl (C=O) groups excluding carboxylic acids is 4. The number of amides is 5. The average molecular weight is 447 g/mol. The van der Waals surface area contributed by atoms with Crippen molar-refractivity contribution in [1.29, 1.82) is 0 Å². The van der Waals surface area contributed by atoms with Crippen molar-refractivity contribution in [3.8, 4) is 11.5 Å². The number of carbonyl (C=O) groups is 4. The number of urea groups is 1. The standard InChI is InChI=1S/C22H30N4O6/c1-4-31-16-8-10-17(11-9-16)32-15(2)19(28)24-23-18(27)14-26-20(29)22(25(3)21(26)30)12-6-5-7-13-22/h8-11,15H,4-7,12-14H2,1-3H3,(H,23,27)(H,24,28). The molecule has 1 saturated carbocycles. The first-order valence-corrected chi connectivity index (χ1v) is 10.9. The van der Waals surface area contributed by atoms with Crippen LogP contribution in [0.2, 0.25) is 0 Å². The van der Waals surface area contributed by atoms with E-state index < -0.39 is 36.0 Å². The predicted molar refractivity (Wildman–Crippen MR) is 115 cm³/mol. The molecule has 1 aliphatic heterocycles. The van der Waals surface area contributed by atoms with Gasteiger partial charge in [-0.3, -0.25) is 30.1 Å². The van der Waals surface area contributed by atoms with Crippen molar-refractivity contribution in [2.75, 3.05) is 20.2 Å². The van der Waals surface area contributed by atoms with E-state index in [0.29, 0.717) is 30.9 Å². The number of imide groups is 1. The fourth-order valence-corrected chi connectivity index (χ4v) is 4.13. The van der Waals surface area contributed by atoms with Crippen LogP contribution in [0.3, 0.4) is 0 Å². The second kappa shape index (κ2) is 9.88. The third-order valence-electron chi connectivity index (χ3n) is 5.93. The lowest BCUT2D eigenvalue weighted by Crippen LogP contribution is -2.52. The van der Waals surface area contributed by atoms with E-state index >= 15 is 0 Å². The van der Waals surface area contributed by atoms with Crippen molar-refractivity contribution >= 4 is 23.8 Å². The molecule has 1 unspecified atom stereocenters. The molecular weight excluding hydrogens is 416 g/mol. The fourth-order valence-electron chi connectivity index (χ4n) is 4.13. The smallest absolute Gasteiger partial charge is 0.327 e. The van der Waals surface area contributed by atoms with Crippen LogP contribution in [-0.4, -0.2) is 65.4 Å². The van der Waals surface area contributed by atoms with Crippen LogP contribution >= 0.6 is 0 Å². The summed E-state index contributed by atoms with van der Waals surface area (Å²) in [6.07, 6.45) is 3.07. The number of hydrogen-bond acceptors (Lipinski definition) is 6. The Morgan fingerprint density at radius 3 is 2.31 bits per heavy atom. The van der Waals surface area contributed by atoms with Gasteiger partial charge in [-0.05, 0) is 51.0 Å². The van der Waals surface area contributed by atoms with E-state index in [-0.39, 0.29) is 5.91 Å². The van der Waals surface area contributed by atoms with Crippen LogP contribution in [0.1, 0.15) is 46.0 Å². The Bertz CT molecular complexity index is 866. The summed E-state index contributed by atoms with van der Waals surface area (Å²) in [7, 11) is 1.60. The number of likely N-dealkylation sites (N-methyl/N-ethyl adjacent to an activating group) is 1. The van der Waals surface area contributed by atoms with Crippen molar-refractivity contribution < 1.29 is 28.7 Å². The van der Waals surface area contributed by atoms with Crippen LogP contribution in [0.4, 0.5) is 4.79 Å². The van der Waals surface area contributed by atoms with Gasteiger partial charge in [-0.2, -0.15) is 0 Å². The molecule has 5 amide bonds. The summed E-state index contributed by atoms with van der Waals surface area (Å²) in [4.78, 5) is 52.5. The minimum absolute atomic E-state index is 0.349. The summed E-state index contributed by atoms with van der Waals surface area (Å²) in [5, 5.41) is 0. The Morgan fingerprint density at radius 1 is 1.06 bits per heavy atom. The van der Waals surface area contributed by atoms with Gasteiger partial charge >= 0.3 is 6.03 Å². The molecule has 174 valence electrons. The lowest BCUT2D eigenvalue weighted by Gasteiger charge is -2.35. The van der Waals surface area contributed by atoms with Gasteiger partial charge in [0, 0.05) is 7.05 Å². The zero-order chi connectivity index (χ0) is 23.3. The lowest BCUT2D eigenvalue weighted by molar-refractivity contribution is -0.138. The molecule has 10 heteroatoms. The molecule has 2 aliphatic rings. The fraction of sp³-hybridized carbons (Fsp3) is 0.545. The zero-order valence-corrected chi connectivity index (χ0v) is 18.7. The zero-order valence-electron chi connectivity index (χ0n) is 18.7. The van der Waals surface area contributed by atoms with E-state index in [4.69, 9.17) is 9.47 Å². The number of nitrogens with one attached hydrogen (secondary N) is 2. The van der Waals surface area contributed by atoms with Crippen LogP contribution in [-0.2, 0) is 14.4 Å². The van der Waals surface area contributed by atoms with E-state index in [2.05, 4.69) is 10.9 Å². The van der Waals surface area contributed by atoms with E-state index in [1.54, 1.807) is 31.3 Å². The van der Waals surface area contributed by atoms with Gasteiger partial charge in [-0.1, -0.05) is 19.3 Å². The summed E-state index contributed by atoms with van der Waals surface area (Å²) in [5.41, 5.74) is 3.67. The highest BCUT2D eigenvalue weighted by Gasteiger charge is 2.55. The van der Waals surface area contributed by atoms with E-state index in [1.807, 2.05) is 6.92 Å². The maximum Gasteiger partial charge on any atom is 0.327 e. The number of ether oxygens (including phenoxy) is 2. The van der Waals surface area contributed by atoms with Gasteiger partial charge in [-0.15, -0.1) is 0 Å². The number of hydrazine groups is 1. The molecule has 1 saturated heterocycles. The maximum atomic E-state index is 12.9. The monoisotopic (exact) mass is 446 g/mol. The van der Waals surface area contributed by atoms with Crippen molar-refractivity contribution in [2.45, 2.75) is 57.6 Å². The van der Waals surface area contributed by atoms with E-state index in [9.17, 15) is 19.2 Å². The Balaban J connectivity index is 1.49. The molecule has 10 nitrogen and oxygen atoms in total. The Kier molecular flexibility index (Phi) is 7.22. The minimum Gasteiger partial charge on any atom is -0.494 e. The molecule has 2 fully saturated rings. The van der Waals surface area contributed by atoms with Gasteiger partial charge < -0.3 is 14.4 Å². The molecule has 32 heavy (non-hydrogen) atoms. The normalized spacial score (nSPS) is 18.5. The molecule has 1 heterocycles. The molecule has 1 aromatic rings. The SMILES string of the molecule is CCOc1ccc(OC(C)C(=O)NNC(=O)CN2C(=O)N(C)C3(CCCCC3)C2=O)cc1. The first-order chi connectivity index (χ1) is 15.3. The first kappa shape index (κ1) is 23.4. The third kappa shape index (κ3) is 4.79. The Hall–Kier alpha value is -3.30. The molecule has 0 bridgehead atoms. The highest BCUT2D eigenvalue weighted by molar-refractivity contribution is 6.09. The van der Waals surface area contributed by atoms with Crippen molar-refractivity contribution in [3.63, 3.8) is 0 Å². The third-order valence-corrected chi connectivity index (χ3v) is 5.93. The highest BCUT2D eigenvalue weighted by Crippen LogP contribution is 2.39. The van der Waals surface area contributed by atoms with Crippen molar-refractivity contribution in [1.82, 2.24) is 20.7 Å².